The van der Waals surface area contributed by atoms with E-state index in [1.165, 1.54) is 22.1 Å². The highest BCUT2D eigenvalue weighted by atomic mass is 35.5. The summed E-state index contributed by atoms with van der Waals surface area (Å²) in [4.78, 5) is 14.1. The van der Waals surface area contributed by atoms with Crippen LogP contribution in [0.25, 0.3) is 0 Å². The van der Waals surface area contributed by atoms with Gasteiger partial charge in [0.1, 0.15) is 5.75 Å². The number of nitrogens with one attached hydrogen (secondary N) is 1. The molecule has 0 bridgehead atoms. The lowest BCUT2D eigenvalue weighted by molar-refractivity contribution is -0.122. The zero-order chi connectivity index (χ0) is 22.9. The summed E-state index contributed by atoms with van der Waals surface area (Å²) in [5.74, 6) is -0.161. The van der Waals surface area contributed by atoms with E-state index in [0.29, 0.717) is 16.4 Å². The first-order chi connectivity index (χ1) is 15.3. The Morgan fingerprint density at radius 2 is 1.84 bits per heavy atom. The molecule has 9 heteroatoms. The molecule has 0 saturated heterocycles. The van der Waals surface area contributed by atoms with E-state index in [1.54, 1.807) is 42.5 Å². The topological polar surface area (TPSA) is 75.7 Å². The first-order valence-electron chi connectivity index (χ1n) is 9.79. The number of carbonyl (C=O) groups excluding carboxylic acids is 1. The summed E-state index contributed by atoms with van der Waals surface area (Å²) < 4.78 is 34.1. The smallest absolute Gasteiger partial charge is 0.267 e. The zero-order valence-corrected chi connectivity index (χ0v) is 19.8. The number of amides is 1. The van der Waals surface area contributed by atoms with Gasteiger partial charge in [-0.1, -0.05) is 41.4 Å². The van der Waals surface area contributed by atoms with Crippen LogP contribution in [0.5, 0.6) is 5.75 Å². The Hall–Kier alpha value is -2.68. The zero-order valence-electron chi connectivity index (χ0n) is 17.4. The lowest BCUT2D eigenvalue weighted by Gasteiger charge is -2.35. The van der Waals surface area contributed by atoms with Crippen LogP contribution < -0.4 is 14.4 Å². The van der Waals surface area contributed by atoms with Crippen molar-refractivity contribution < 1.29 is 17.9 Å². The van der Waals surface area contributed by atoms with E-state index in [-0.39, 0.29) is 17.2 Å². The van der Waals surface area contributed by atoms with Crippen LogP contribution in [0.2, 0.25) is 5.02 Å². The molecule has 0 fully saturated rings. The number of rotatable bonds is 5. The predicted molar refractivity (Wildman–Crippen MR) is 128 cm³/mol. The normalized spacial score (nSPS) is 15.6. The molecular weight excluding hydrogens is 468 g/mol. The van der Waals surface area contributed by atoms with Gasteiger partial charge in [-0.25, -0.2) is 8.42 Å². The molecule has 166 valence electrons. The van der Waals surface area contributed by atoms with Crippen LogP contribution in [-0.2, 0) is 14.8 Å². The monoisotopic (exact) mass is 488 g/mol. The summed E-state index contributed by atoms with van der Waals surface area (Å²) in [6.07, 6.45) is 0.872. The molecule has 3 aromatic carbocycles. The number of thioether (sulfide) groups is 1. The minimum Gasteiger partial charge on any atom is -0.476 e. The lowest BCUT2D eigenvalue weighted by Crippen LogP contribution is -2.48. The Balaban J connectivity index is 1.70. The van der Waals surface area contributed by atoms with E-state index < -0.39 is 22.0 Å². The van der Waals surface area contributed by atoms with Crippen LogP contribution in [0, 0.1) is 6.92 Å². The molecular formula is C23H21ClN2O4S2. The second-order valence-corrected chi connectivity index (χ2v) is 10.4. The van der Waals surface area contributed by atoms with Gasteiger partial charge in [-0.15, -0.1) is 11.8 Å². The Kier molecular flexibility index (Phi) is 6.37. The summed E-state index contributed by atoms with van der Waals surface area (Å²) in [7, 11) is -3.95. The number of hydrogen-bond donors (Lipinski definition) is 1. The van der Waals surface area contributed by atoms with Crippen molar-refractivity contribution in [3.05, 3.63) is 77.3 Å². The number of halogens is 1. The van der Waals surface area contributed by atoms with E-state index >= 15 is 0 Å². The number of anilines is 2. The molecule has 0 aliphatic carbocycles. The summed E-state index contributed by atoms with van der Waals surface area (Å²) in [5.41, 5.74) is 1.88. The van der Waals surface area contributed by atoms with Gasteiger partial charge in [0.2, 0.25) is 0 Å². The van der Waals surface area contributed by atoms with Gasteiger partial charge in [-0.2, -0.15) is 0 Å². The van der Waals surface area contributed by atoms with Crippen LogP contribution in [0.3, 0.4) is 0 Å². The Labute approximate surface area is 196 Å². The van der Waals surface area contributed by atoms with Crippen molar-refractivity contribution in [3.63, 3.8) is 0 Å². The predicted octanol–water partition coefficient (Wildman–Crippen LogP) is 4.97. The minimum absolute atomic E-state index is 0.128. The van der Waals surface area contributed by atoms with E-state index in [0.717, 1.165) is 10.5 Å². The minimum atomic E-state index is -3.95. The Bertz CT molecular complexity index is 1260. The number of sulfonamides is 1. The van der Waals surface area contributed by atoms with Crippen LogP contribution in [0.4, 0.5) is 11.4 Å². The molecule has 0 unspecified atom stereocenters. The maximum absolute atomic E-state index is 13.5. The van der Waals surface area contributed by atoms with Crippen molar-refractivity contribution in [2.75, 3.05) is 22.4 Å². The molecule has 0 spiro atoms. The van der Waals surface area contributed by atoms with Gasteiger partial charge < -0.3 is 10.1 Å². The van der Waals surface area contributed by atoms with E-state index in [1.807, 2.05) is 31.4 Å². The first kappa shape index (κ1) is 22.5. The highest BCUT2D eigenvalue weighted by Crippen LogP contribution is 2.39. The maximum Gasteiger partial charge on any atom is 0.267 e. The molecule has 32 heavy (non-hydrogen) atoms. The maximum atomic E-state index is 13.5. The van der Waals surface area contributed by atoms with Crippen molar-refractivity contribution >= 4 is 50.7 Å². The first-order valence-corrected chi connectivity index (χ1v) is 12.8. The highest BCUT2D eigenvalue weighted by Gasteiger charge is 2.38. The quantitative estimate of drug-likeness (QED) is 0.513. The van der Waals surface area contributed by atoms with E-state index in [2.05, 4.69) is 5.32 Å². The molecule has 0 saturated carbocycles. The van der Waals surface area contributed by atoms with Crippen molar-refractivity contribution in [1.82, 2.24) is 0 Å². The second kappa shape index (κ2) is 9.05. The van der Waals surface area contributed by atoms with Crippen molar-refractivity contribution in [2.24, 2.45) is 0 Å². The number of nitrogens with zero attached hydrogens (tertiary/aromatic N) is 1. The number of hydrogen-bond acceptors (Lipinski definition) is 5. The lowest BCUT2D eigenvalue weighted by atomic mass is 10.2. The Morgan fingerprint density at radius 1 is 1.12 bits per heavy atom. The number of aryl methyl sites for hydroxylation is 1. The molecule has 0 aromatic heterocycles. The van der Waals surface area contributed by atoms with Gasteiger partial charge in [0.05, 0.1) is 22.8 Å². The number of para-hydroxylation sites is 1. The molecule has 1 N–H and O–H groups in total. The number of benzene rings is 3. The van der Waals surface area contributed by atoms with Gasteiger partial charge in [0.15, 0.2) is 6.10 Å². The fraction of sp³-hybridized carbons (Fsp3) is 0.174. The third-order valence-electron chi connectivity index (χ3n) is 5.06. The summed E-state index contributed by atoms with van der Waals surface area (Å²) in [6.45, 7) is 1.70. The van der Waals surface area contributed by atoms with Crippen molar-refractivity contribution in [2.45, 2.75) is 22.8 Å². The Morgan fingerprint density at radius 3 is 2.56 bits per heavy atom. The van der Waals surface area contributed by atoms with Gasteiger partial charge in [0.25, 0.3) is 15.9 Å². The molecule has 6 nitrogen and oxygen atoms in total. The standard InChI is InChI=1S/C23H21ClN2O4S2/c1-15-7-10-17(11-8-15)32(28,29)26-14-21(30-20-12-9-16(24)13-19(20)26)23(27)25-18-5-3-4-6-22(18)31-2/h3-13,21H,14H2,1-2H3,(H,25,27)/t21-/m1/s1. The van der Waals surface area contributed by atoms with E-state index in [4.69, 9.17) is 16.3 Å². The molecule has 3 aromatic rings. The van der Waals surface area contributed by atoms with Crippen molar-refractivity contribution in [3.8, 4) is 5.75 Å². The largest absolute Gasteiger partial charge is 0.476 e. The fourth-order valence-corrected chi connectivity index (χ4v) is 5.57. The number of fused-ring (bicyclic) bond motifs is 1. The average Bonchev–Trinajstić information content (AvgIpc) is 2.79. The molecule has 1 aliphatic rings. The van der Waals surface area contributed by atoms with E-state index in [9.17, 15) is 13.2 Å². The molecule has 1 aliphatic heterocycles. The van der Waals surface area contributed by atoms with Crippen LogP contribution in [0.1, 0.15) is 5.56 Å². The molecule has 1 heterocycles. The fourth-order valence-electron chi connectivity index (χ4n) is 3.39. The van der Waals surface area contributed by atoms with Gasteiger partial charge in [0, 0.05) is 9.92 Å². The molecule has 1 amide bonds. The molecule has 0 radical (unpaired) electrons. The molecule has 4 rings (SSSR count). The van der Waals surface area contributed by atoms with Crippen LogP contribution in [-0.4, -0.2) is 33.2 Å². The van der Waals surface area contributed by atoms with Gasteiger partial charge in [-0.3, -0.25) is 9.10 Å². The summed E-state index contributed by atoms with van der Waals surface area (Å²) >= 11 is 7.64. The third kappa shape index (κ3) is 4.44. The van der Waals surface area contributed by atoms with Gasteiger partial charge >= 0.3 is 0 Å². The molecule has 1 atom stereocenters. The number of carbonyl (C=O) groups is 1. The third-order valence-corrected chi connectivity index (χ3v) is 7.88. The summed E-state index contributed by atoms with van der Waals surface area (Å²) in [6, 6.07) is 18.7. The van der Waals surface area contributed by atoms with Crippen LogP contribution in [0.15, 0.2) is 76.5 Å². The SMILES string of the molecule is CSc1ccccc1NC(=O)[C@H]1CN(S(=O)(=O)c2ccc(C)cc2)c2cc(Cl)ccc2O1. The number of ether oxygens (including phenoxy) is 1. The van der Waals surface area contributed by atoms with Crippen LogP contribution >= 0.6 is 23.4 Å². The highest BCUT2D eigenvalue weighted by molar-refractivity contribution is 7.98. The average molecular weight is 489 g/mol. The summed E-state index contributed by atoms with van der Waals surface area (Å²) in [5, 5.41) is 3.23. The van der Waals surface area contributed by atoms with Gasteiger partial charge in [-0.05, 0) is 55.6 Å². The van der Waals surface area contributed by atoms with Crippen molar-refractivity contribution in [1.29, 1.82) is 0 Å². The second-order valence-electron chi connectivity index (χ2n) is 7.26.